The Morgan fingerprint density at radius 1 is 1.58 bits per heavy atom. The van der Waals surface area contributed by atoms with Crippen LogP contribution >= 0.6 is 0 Å². The molecule has 0 spiro atoms. The lowest BCUT2D eigenvalue weighted by molar-refractivity contribution is 0.296. The number of hydrogen-bond donors (Lipinski definition) is 0. The van der Waals surface area contributed by atoms with Crippen molar-refractivity contribution in [2.45, 2.75) is 39.0 Å². The zero-order valence-corrected chi connectivity index (χ0v) is 7.84. The number of nitriles is 1. The molecule has 0 heterocycles. The summed E-state index contributed by atoms with van der Waals surface area (Å²) in [5, 5.41) is 8.55. The van der Waals surface area contributed by atoms with E-state index < -0.39 is 0 Å². The second kappa shape index (κ2) is 4.30. The molecule has 0 N–H and O–H groups in total. The zero-order chi connectivity index (χ0) is 8.97. The van der Waals surface area contributed by atoms with Crippen molar-refractivity contribution in [2.24, 2.45) is 11.8 Å². The molecule has 0 aromatic heterocycles. The molecule has 1 atom stereocenters. The molecule has 1 aliphatic rings. The maximum Gasteiger partial charge on any atom is 0.0624 e. The van der Waals surface area contributed by atoms with Crippen molar-refractivity contribution in [1.82, 2.24) is 0 Å². The Bertz CT molecular complexity index is 190. The lowest BCUT2D eigenvalue weighted by Crippen LogP contribution is -2.15. The van der Waals surface area contributed by atoms with E-state index in [2.05, 4.69) is 19.6 Å². The normalized spacial score (nSPS) is 21.8. The molecule has 66 valence electrons. The van der Waals surface area contributed by atoms with Crippen molar-refractivity contribution in [3.05, 3.63) is 12.2 Å². The van der Waals surface area contributed by atoms with Crippen LogP contribution in [0, 0.1) is 23.2 Å². The van der Waals surface area contributed by atoms with Crippen LogP contribution in [0.1, 0.15) is 39.0 Å². The van der Waals surface area contributed by atoms with Crippen molar-refractivity contribution in [2.75, 3.05) is 0 Å². The second-order valence-corrected chi connectivity index (χ2v) is 3.93. The predicted octanol–water partition coefficient (Wildman–Crippen LogP) is 3.28. The summed E-state index contributed by atoms with van der Waals surface area (Å²) >= 11 is 0. The van der Waals surface area contributed by atoms with E-state index in [0.717, 1.165) is 12.3 Å². The van der Waals surface area contributed by atoms with Crippen LogP contribution in [0.15, 0.2) is 12.2 Å². The summed E-state index contributed by atoms with van der Waals surface area (Å²) in [6.07, 6.45) is 5.58. The van der Waals surface area contributed by atoms with Gasteiger partial charge >= 0.3 is 0 Å². The van der Waals surface area contributed by atoms with E-state index in [4.69, 9.17) is 5.26 Å². The molecular weight excluding hydrogens is 146 g/mol. The molecule has 12 heavy (non-hydrogen) atoms. The summed E-state index contributed by atoms with van der Waals surface area (Å²) in [6, 6.07) is 2.25. The molecule has 1 fully saturated rings. The van der Waals surface area contributed by atoms with Crippen LogP contribution in [-0.2, 0) is 0 Å². The number of hydrogen-bond acceptors (Lipinski definition) is 1. The Balaban J connectivity index is 2.34. The van der Waals surface area contributed by atoms with Crippen molar-refractivity contribution in [3.8, 4) is 6.07 Å². The first-order chi connectivity index (χ1) is 5.74. The van der Waals surface area contributed by atoms with Crippen LogP contribution < -0.4 is 0 Å². The number of rotatable bonds is 2. The van der Waals surface area contributed by atoms with Gasteiger partial charge in [-0.1, -0.05) is 19.1 Å². The van der Waals surface area contributed by atoms with E-state index in [9.17, 15) is 0 Å². The van der Waals surface area contributed by atoms with E-state index in [1.165, 1.54) is 31.3 Å². The fourth-order valence-corrected chi connectivity index (χ4v) is 1.93. The lowest BCUT2D eigenvalue weighted by Gasteiger charge is -2.27. The first kappa shape index (κ1) is 9.32. The van der Waals surface area contributed by atoms with Gasteiger partial charge in [-0.15, -0.1) is 0 Å². The van der Waals surface area contributed by atoms with Gasteiger partial charge < -0.3 is 0 Å². The average Bonchev–Trinajstić information content (AvgIpc) is 2.06. The summed E-state index contributed by atoms with van der Waals surface area (Å²) in [7, 11) is 0. The summed E-state index contributed by atoms with van der Waals surface area (Å²) in [5.41, 5.74) is 1.40. The molecule has 0 aromatic carbocycles. The van der Waals surface area contributed by atoms with Gasteiger partial charge in [0.2, 0.25) is 0 Å². The average molecular weight is 163 g/mol. The number of nitrogens with zero attached hydrogens (tertiary/aromatic N) is 1. The van der Waals surface area contributed by atoms with Crippen LogP contribution in [0.3, 0.4) is 0 Å². The molecular formula is C11H17N. The highest BCUT2D eigenvalue weighted by molar-refractivity contribution is 4.99. The third-order valence-electron chi connectivity index (χ3n) is 2.96. The molecule has 0 saturated heterocycles. The topological polar surface area (TPSA) is 23.8 Å². The highest BCUT2D eigenvalue weighted by Gasteiger charge is 2.20. The Labute approximate surface area is 75.1 Å². The van der Waals surface area contributed by atoms with Crippen molar-refractivity contribution in [3.63, 3.8) is 0 Å². The van der Waals surface area contributed by atoms with Gasteiger partial charge in [-0.05, 0) is 37.5 Å². The standard InChI is InChI=1S/C11H17N/c1-9-3-5-11(6-4-9)10(2)7-8-12/h10-11H,1,3-7H2,2H3. The predicted molar refractivity (Wildman–Crippen MR) is 50.5 cm³/mol. The van der Waals surface area contributed by atoms with Gasteiger partial charge in [0.1, 0.15) is 0 Å². The monoisotopic (exact) mass is 163 g/mol. The molecule has 1 aliphatic carbocycles. The minimum Gasteiger partial charge on any atom is -0.198 e. The first-order valence-corrected chi connectivity index (χ1v) is 4.77. The Morgan fingerprint density at radius 3 is 2.67 bits per heavy atom. The smallest absolute Gasteiger partial charge is 0.0624 e. The number of allylic oxidation sites excluding steroid dienone is 1. The van der Waals surface area contributed by atoms with Crippen LogP contribution in [0.4, 0.5) is 0 Å². The van der Waals surface area contributed by atoms with Crippen LogP contribution in [0.2, 0.25) is 0 Å². The van der Waals surface area contributed by atoms with Crippen LogP contribution in [-0.4, -0.2) is 0 Å². The highest BCUT2D eigenvalue weighted by atomic mass is 14.3. The van der Waals surface area contributed by atoms with Gasteiger partial charge in [0.15, 0.2) is 0 Å². The van der Waals surface area contributed by atoms with Gasteiger partial charge in [0.25, 0.3) is 0 Å². The molecule has 0 aliphatic heterocycles. The summed E-state index contributed by atoms with van der Waals surface area (Å²) < 4.78 is 0. The fraction of sp³-hybridized carbons (Fsp3) is 0.727. The maximum atomic E-state index is 8.55. The van der Waals surface area contributed by atoms with Crippen LogP contribution in [0.5, 0.6) is 0 Å². The lowest BCUT2D eigenvalue weighted by atomic mass is 9.78. The molecule has 1 nitrogen and oxygen atoms in total. The van der Waals surface area contributed by atoms with Gasteiger partial charge in [-0.3, -0.25) is 0 Å². The summed E-state index contributed by atoms with van der Waals surface area (Å²) in [6.45, 7) is 6.19. The largest absolute Gasteiger partial charge is 0.198 e. The molecule has 1 unspecified atom stereocenters. The zero-order valence-electron chi connectivity index (χ0n) is 7.84. The maximum absolute atomic E-state index is 8.55. The van der Waals surface area contributed by atoms with E-state index in [1.807, 2.05) is 0 Å². The quantitative estimate of drug-likeness (QED) is 0.573. The van der Waals surface area contributed by atoms with Crippen molar-refractivity contribution >= 4 is 0 Å². The molecule has 0 bridgehead atoms. The fourth-order valence-electron chi connectivity index (χ4n) is 1.93. The van der Waals surface area contributed by atoms with E-state index in [-0.39, 0.29) is 0 Å². The van der Waals surface area contributed by atoms with Crippen molar-refractivity contribution in [1.29, 1.82) is 5.26 Å². The van der Waals surface area contributed by atoms with E-state index in [1.54, 1.807) is 0 Å². The Morgan fingerprint density at radius 2 is 2.17 bits per heavy atom. The van der Waals surface area contributed by atoms with Crippen LogP contribution in [0.25, 0.3) is 0 Å². The van der Waals surface area contributed by atoms with Gasteiger partial charge in [0.05, 0.1) is 6.07 Å². The first-order valence-electron chi connectivity index (χ1n) is 4.77. The summed E-state index contributed by atoms with van der Waals surface area (Å²) in [4.78, 5) is 0. The molecule has 1 heteroatoms. The van der Waals surface area contributed by atoms with Gasteiger partial charge in [-0.2, -0.15) is 5.26 Å². The molecule has 1 rings (SSSR count). The SMILES string of the molecule is C=C1CCC(C(C)CC#N)CC1. The second-order valence-electron chi connectivity index (χ2n) is 3.93. The van der Waals surface area contributed by atoms with Crippen molar-refractivity contribution < 1.29 is 0 Å². The minimum absolute atomic E-state index is 0.586. The molecule has 1 saturated carbocycles. The molecule has 0 radical (unpaired) electrons. The Kier molecular flexibility index (Phi) is 3.34. The molecule has 0 aromatic rings. The molecule has 0 amide bonds. The third-order valence-corrected chi connectivity index (χ3v) is 2.96. The third kappa shape index (κ3) is 2.37. The van der Waals surface area contributed by atoms with Gasteiger partial charge in [-0.25, -0.2) is 0 Å². The van der Waals surface area contributed by atoms with E-state index >= 15 is 0 Å². The summed E-state index contributed by atoms with van der Waals surface area (Å²) in [5.74, 6) is 1.36. The van der Waals surface area contributed by atoms with Gasteiger partial charge in [0, 0.05) is 6.42 Å². The Hall–Kier alpha value is -0.770. The minimum atomic E-state index is 0.586. The van der Waals surface area contributed by atoms with E-state index in [0.29, 0.717) is 5.92 Å². The highest BCUT2D eigenvalue weighted by Crippen LogP contribution is 2.33.